The number of fused-ring (bicyclic) bond motifs is 1. The van der Waals surface area contributed by atoms with Gasteiger partial charge < -0.3 is 30.7 Å². The summed E-state index contributed by atoms with van der Waals surface area (Å²) in [6, 6.07) is 23.7. The highest BCUT2D eigenvalue weighted by Crippen LogP contribution is 2.32. The predicted molar refractivity (Wildman–Crippen MR) is 165 cm³/mol. The fourth-order valence-electron chi connectivity index (χ4n) is 5.62. The summed E-state index contributed by atoms with van der Waals surface area (Å²) in [4.78, 5) is 26.6. The molecule has 0 fully saturated rings. The van der Waals surface area contributed by atoms with Crippen molar-refractivity contribution < 1.29 is 29.6 Å². The highest BCUT2D eigenvalue weighted by atomic mass is 16.6. The summed E-state index contributed by atoms with van der Waals surface area (Å²) >= 11 is 0. The topological polar surface area (TPSA) is 128 Å². The first-order valence-electron chi connectivity index (χ1n) is 15.0. The van der Waals surface area contributed by atoms with Crippen LogP contribution < -0.4 is 10.6 Å². The molecule has 0 saturated heterocycles. The van der Waals surface area contributed by atoms with Crippen molar-refractivity contribution in [3.05, 3.63) is 107 Å². The number of benzene rings is 3. The lowest BCUT2D eigenvalue weighted by Crippen LogP contribution is -2.48. The summed E-state index contributed by atoms with van der Waals surface area (Å²) < 4.78 is 5.48. The molecular weight excluding hydrogens is 544 g/mol. The molecule has 2 amide bonds. The molecule has 43 heavy (non-hydrogen) atoms. The van der Waals surface area contributed by atoms with Crippen molar-refractivity contribution in [1.29, 1.82) is 0 Å². The van der Waals surface area contributed by atoms with Gasteiger partial charge in [0.25, 0.3) is 0 Å². The van der Waals surface area contributed by atoms with Crippen molar-refractivity contribution in [2.75, 3.05) is 6.61 Å². The van der Waals surface area contributed by atoms with Crippen LogP contribution in [0.15, 0.2) is 78.9 Å². The minimum absolute atomic E-state index is 0.0508. The molecule has 0 saturated carbocycles. The third-order valence-electron chi connectivity index (χ3n) is 7.77. The maximum atomic E-state index is 13.9. The Balaban J connectivity index is 1.56. The number of hydrogen-bond donors (Lipinski definition) is 5. The average Bonchev–Trinajstić information content (AvgIpc) is 3.27. The quantitative estimate of drug-likeness (QED) is 0.217. The first kappa shape index (κ1) is 32.2. The van der Waals surface area contributed by atoms with Crippen molar-refractivity contribution >= 4 is 12.0 Å². The Morgan fingerprint density at radius 1 is 0.907 bits per heavy atom. The normalized spacial score (nSPS) is 18.3. The predicted octanol–water partition coefficient (Wildman–Crippen LogP) is 4.04. The van der Waals surface area contributed by atoms with Crippen LogP contribution in [0.2, 0.25) is 0 Å². The molecular formula is C35H44N2O6. The minimum Gasteiger partial charge on any atom is -0.444 e. The number of alkyl carbamates (subject to hydrolysis) is 1. The molecule has 1 aliphatic rings. The summed E-state index contributed by atoms with van der Waals surface area (Å²) in [7, 11) is 0. The van der Waals surface area contributed by atoms with Crippen LogP contribution in [0.5, 0.6) is 0 Å². The Morgan fingerprint density at radius 3 is 2.21 bits per heavy atom. The standard InChI is InChI=1S/C35H44N2O6/c1-35(2,3)43-34(42)36-29(20-24-9-5-4-6-10-24)30(39)22-27(19-25-15-13-23(14-16-25)17-18-38)33(41)37-32-28-12-8-7-11-26(28)21-31(32)40/h4-16,27,29-32,38-40H,17-22H2,1-3H3,(H,36,42)(H,37,41)/t27?,29?,30?,31-,32-/m0/s1. The van der Waals surface area contributed by atoms with Crippen molar-refractivity contribution in [2.45, 2.75) is 82.8 Å². The van der Waals surface area contributed by atoms with Crippen LogP contribution in [0, 0.1) is 5.92 Å². The molecule has 1 aliphatic carbocycles. The monoisotopic (exact) mass is 588 g/mol. The van der Waals surface area contributed by atoms with E-state index in [-0.39, 0.29) is 18.9 Å². The lowest BCUT2D eigenvalue weighted by Gasteiger charge is -2.30. The van der Waals surface area contributed by atoms with Crippen molar-refractivity contribution in [2.24, 2.45) is 5.92 Å². The summed E-state index contributed by atoms with van der Waals surface area (Å²) in [6.07, 6.45) is -0.695. The lowest BCUT2D eigenvalue weighted by molar-refractivity contribution is -0.127. The van der Waals surface area contributed by atoms with Gasteiger partial charge in [-0.25, -0.2) is 4.79 Å². The van der Waals surface area contributed by atoms with E-state index in [9.17, 15) is 24.9 Å². The SMILES string of the molecule is CC(C)(C)OC(=O)NC(Cc1ccccc1)C(O)CC(Cc1ccc(CCO)cc1)C(=O)N[C@H]1c2ccccc2C[C@@H]1O. The second kappa shape index (κ2) is 14.6. The number of hydrogen-bond acceptors (Lipinski definition) is 6. The van der Waals surface area contributed by atoms with Gasteiger partial charge in [0, 0.05) is 18.9 Å². The van der Waals surface area contributed by atoms with Gasteiger partial charge in [0.15, 0.2) is 0 Å². The smallest absolute Gasteiger partial charge is 0.407 e. The summed E-state index contributed by atoms with van der Waals surface area (Å²) in [5.74, 6) is -0.938. The number of nitrogens with one attached hydrogen (secondary N) is 2. The molecule has 5 N–H and O–H groups in total. The van der Waals surface area contributed by atoms with Crippen LogP contribution in [0.4, 0.5) is 4.79 Å². The van der Waals surface area contributed by atoms with Crippen LogP contribution >= 0.6 is 0 Å². The van der Waals surface area contributed by atoms with Gasteiger partial charge in [0.05, 0.1) is 24.3 Å². The molecule has 4 rings (SSSR count). The zero-order valence-corrected chi connectivity index (χ0v) is 25.2. The van der Waals surface area contributed by atoms with Gasteiger partial charge in [-0.15, -0.1) is 0 Å². The molecule has 0 radical (unpaired) electrons. The van der Waals surface area contributed by atoms with Crippen LogP contribution in [0.1, 0.15) is 61.1 Å². The van der Waals surface area contributed by atoms with Crippen LogP contribution in [-0.2, 0) is 35.2 Å². The number of amides is 2. The Morgan fingerprint density at radius 2 is 1.53 bits per heavy atom. The van der Waals surface area contributed by atoms with Gasteiger partial charge in [0.1, 0.15) is 5.60 Å². The van der Waals surface area contributed by atoms with E-state index < -0.39 is 41.9 Å². The fourth-order valence-corrected chi connectivity index (χ4v) is 5.62. The summed E-state index contributed by atoms with van der Waals surface area (Å²) in [5, 5.41) is 37.5. The molecule has 3 aromatic rings. The molecule has 0 spiro atoms. The third-order valence-corrected chi connectivity index (χ3v) is 7.77. The maximum Gasteiger partial charge on any atom is 0.407 e. The van der Waals surface area contributed by atoms with Gasteiger partial charge in [0.2, 0.25) is 5.91 Å². The Labute approximate surface area is 254 Å². The van der Waals surface area contributed by atoms with E-state index in [0.717, 1.165) is 27.8 Å². The third kappa shape index (κ3) is 9.38. The number of aliphatic hydroxyl groups excluding tert-OH is 3. The van der Waals surface area contributed by atoms with Crippen LogP contribution in [-0.4, -0.2) is 57.8 Å². The van der Waals surface area contributed by atoms with Crippen molar-refractivity contribution in [1.82, 2.24) is 10.6 Å². The van der Waals surface area contributed by atoms with Crippen molar-refractivity contribution in [3.8, 4) is 0 Å². The molecule has 3 unspecified atom stereocenters. The number of rotatable bonds is 12. The minimum atomic E-state index is -1.07. The first-order valence-corrected chi connectivity index (χ1v) is 15.0. The average molecular weight is 589 g/mol. The Hall–Kier alpha value is -3.72. The van der Waals surface area contributed by atoms with Gasteiger partial charge in [-0.1, -0.05) is 78.9 Å². The zero-order chi connectivity index (χ0) is 31.0. The number of carbonyl (C=O) groups excluding carboxylic acids is 2. The summed E-state index contributed by atoms with van der Waals surface area (Å²) in [6.45, 7) is 5.38. The first-order chi connectivity index (χ1) is 20.5. The Bertz CT molecular complexity index is 1340. The van der Waals surface area contributed by atoms with E-state index in [4.69, 9.17) is 4.74 Å². The largest absolute Gasteiger partial charge is 0.444 e. The van der Waals surface area contributed by atoms with E-state index in [1.54, 1.807) is 20.8 Å². The Kier molecular flexibility index (Phi) is 11.0. The number of ether oxygens (including phenoxy) is 1. The number of carbonyl (C=O) groups is 2. The highest BCUT2D eigenvalue weighted by molar-refractivity contribution is 5.80. The van der Waals surface area contributed by atoms with Gasteiger partial charge in [-0.2, -0.15) is 0 Å². The molecule has 5 atom stereocenters. The molecule has 8 heteroatoms. The molecule has 8 nitrogen and oxygen atoms in total. The van der Waals surface area contributed by atoms with Crippen molar-refractivity contribution in [3.63, 3.8) is 0 Å². The second-order valence-electron chi connectivity index (χ2n) is 12.4. The van der Waals surface area contributed by atoms with Crippen LogP contribution in [0.3, 0.4) is 0 Å². The molecule has 230 valence electrons. The van der Waals surface area contributed by atoms with Crippen LogP contribution in [0.25, 0.3) is 0 Å². The molecule has 0 aromatic heterocycles. The van der Waals surface area contributed by atoms with Gasteiger partial charge >= 0.3 is 6.09 Å². The maximum absolute atomic E-state index is 13.9. The lowest BCUT2D eigenvalue weighted by atomic mass is 9.88. The van der Waals surface area contributed by atoms with Gasteiger partial charge in [-0.05, 0) is 74.3 Å². The number of aliphatic hydroxyl groups is 3. The molecule has 0 aliphatic heterocycles. The fraction of sp³-hybridized carbons (Fsp3) is 0.429. The van der Waals surface area contributed by atoms with E-state index in [1.807, 2.05) is 78.9 Å². The van der Waals surface area contributed by atoms with E-state index in [0.29, 0.717) is 25.7 Å². The van der Waals surface area contributed by atoms with E-state index in [2.05, 4.69) is 10.6 Å². The molecule has 0 heterocycles. The van der Waals surface area contributed by atoms with E-state index >= 15 is 0 Å². The highest BCUT2D eigenvalue weighted by Gasteiger charge is 2.35. The summed E-state index contributed by atoms with van der Waals surface area (Å²) in [5.41, 5.74) is 4.00. The van der Waals surface area contributed by atoms with E-state index in [1.165, 1.54) is 0 Å². The second-order valence-corrected chi connectivity index (χ2v) is 12.4. The molecule has 0 bridgehead atoms. The van der Waals surface area contributed by atoms with Gasteiger partial charge in [-0.3, -0.25) is 4.79 Å². The zero-order valence-electron chi connectivity index (χ0n) is 25.2. The molecule has 3 aromatic carbocycles.